The van der Waals surface area contributed by atoms with Crippen LogP contribution in [0.1, 0.15) is 39.0 Å². The van der Waals surface area contributed by atoms with E-state index in [0.29, 0.717) is 42.4 Å². The van der Waals surface area contributed by atoms with Gasteiger partial charge in [-0.05, 0) is 66.9 Å². The van der Waals surface area contributed by atoms with Crippen molar-refractivity contribution in [3.63, 3.8) is 0 Å². The zero-order valence-corrected chi connectivity index (χ0v) is 16.7. The Bertz CT molecular complexity index is 1170. The Kier molecular flexibility index (Phi) is 7.00. The summed E-state index contributed by atoms with van der Waals surface area (Å²) in [7, 11) is 0. The summed E-state index contributed by atoms with van der Waals surface area (Å²) in [6, 6.07) is 10.6. The highest BCUT2D eigenvalue weighted by Crippen LogP contribution is 2.33. The van der Waals surface area contributed by atoms with E-state index >= 15 is 0 Å². The maximum Gasteiger partial charge on any atom is 0.417 e. The Morgan fingerprint density at radius 2 is 1.81 bits per heavy atom. The van der Waals surface area contributed by atoms with E-state index in [0.717, 1.165) is 12.1 Å². The summed E-state index contributed by atoms with van der Waals surface area (Å²) in [5.74, 6) is 4.18. The number of aromatic hydroxyl groups is 1. The van der Waals surface area contributed by atoms with Crippen molar-refractivity contribution in [3.8, 4) is 23.3 Å². The van der Waals surface area contributed by atoms with Crippen molar-refractivity contribution in [3.05, 3.63) is 88.7 Å². The fraction of sp³-hybridized carbons (Fsp3) is 0.167. The molecule has 2 N–H and O–H groups in total. The number of aromatic carboxylic acids is 1. The number of rotatable bonds is 6. The molecule has 5 nitrogen and oxygen atoms in total. The summed E-state index contributed by atoms with van der Waals surface area (Å²) in [5.41, 5.74) is -0.279. The molecule has 0 fully saturated rings. The lowest BCUT2D eigenvalue weighted by atomic mass is 9.99. The number of carboxylic acids is 1. The summed E-state index contributed by atoms with van der Waals surface area (Å²) in [6.07, 6.45) is -0.555. The van der Waals surface area contributed by atoms with Crippen molar-refractivity contribution in [2.45, 2.75) is 19.0 Å². The predicted molar refractivity (Wildman–Crippen MR) is 111 cm³/mol. The molecule has 0 aliphatic rings. The third-order valence-electron chi connectivity index (χ3n) is 4.49. The molecule has 0 spiro atoms. The number of phenolic OH excluding ortho intramolecular Hbond substituents is 1. The summed E-state index contributed by atoms with van der Waals surface area (Å²) >= 11 is 0. The minimum atomic E-state index is -4.68. The summed E-state index contributed by atoms with van der Waals surface area (Å²) < 4.78 is 45.4. The zero-order valence-electron chi connectivity index (χ0n) is 16.7. The highest BCUT2D eigenvalue weighted by atomic mass is 19.4. The predicted octanol–water partition coefficient (Wildman–Crippen LogP) is 4.92. The maximum atomic E-state index is 13.3. The van der Waals surface area contributed by atoms with E-state index in [1.807, 2.05) is 0 Å². The molecule has 1 aromatic heterocycles. The molecule has 0 bridgehead atoms. The Balaban J connectivity index is 1.84. The smallest absolute Gasteiger partial charge is 0.417 e. The van der Waals surface area contributed by atoms with Crippen molar-refractivity contribution in [1.82, 2.24) is 4.98 Å². The van der Waals surface area contributed by atoms with E-state index in [2.05, 4.69) is 16.8 Å². The van der Waals surface area contributed by atoms with Crippen LogP contribution in [0.5, 0.6) is 11.5 Å². The molecule has 0 aliphatic heterocycles. The number of aromatic nitrogens is 1. The first-order valence-electron chi connectivity index (χ1n) is 9.55. The van der Waals surface area contributed by atoms with Gasteiger partial charge < -0.3 is 14.9 Å². The van der Waals surface area contributed by atoms with Crippen LogP contribution in [0.2, 0.25) is 0 Å². The molecular weight excluding hydrogens is 423 g/mol. The zero-order chi connectivity index (χ0) is 23.1. The highest BCUT2D eigenvalue weighted by molar-refractivity contribution is 5.88. The van der Waals surface area contributed by atoms with E-state index < -0.39 is 23.5 Å². The van der Waals surface area contributed by atoms with Crippen molar-refractivity contribution in [1.29, 1.82) is 0 Å². The summed E-state index contributed by atoms with van der Waals surface area (Å²) in [6.45, 7) is 0.339. The van der Waals surface area contributed by atoms with Crippen LogP contribution in [0.4, 0.5) is 13.2 Å². The molecule has 0 aliphatic carbocycles. The van der Waals surface area contributed by atoms with Gasteiger partial charge in [0.1, 0.15) is 11.5 Å². The molecule has 0 radical (unpaired) electrons. The quantitative estimate of drug-likeness (QED) is 0.420. The van der Waals surface area contributed by atoms with E-state index in [1.54, 1.807) is 24.5 Å². The van der Waals surface area contributed by atoms with E-state index in [4.69, 9.17) is 4.74 Å². The number of carboxylic acid groups (broad SMARTS) is 1. The van der Waals surface area contributed by atoms with Gasteiger partial charge in [0, 0.05) is 17.3 Å². The third kappa shape index (κ3) is 6.01. The number of ether oxygens (including phenoxy) is 1. The van der Waals surface area contributed by atoms with Crippen LogP contribution in [0.3, 0.4) is 0 Å². The number of halogens is 3. The minimum absolute atomic E-state index is 0.0549. The molecule has 32 heavy (non-hydrogen) atoms. The molecule has 0 saturated heterocycles. The lowest BCUT2D eigenvalue weighted by molar-refractivity contribution is -0.137. The second-order valence-corrected chi connectivity index (χ2v) is 6.80. The molecule has 164 valence electrons. The largest absolute Gasteiger partial charge is 0.508 e. The molecule has 0 amide bonds. The fourth-order valence-corrected chi connectivity index (χ4v) is 2.95. The molecule has 8 heteroatoms. The average molecular weight is 441 g/mol. The fourth-order valence-electron chi connectivity index (χ4n) is 2.95. The van der Waals surface area contributed by atoms with Crippen molar-refractivity contribution < 1.29 is 32.9 Å². The van der Waals surface area contributed by atoms with Gasteiger partial charge in [-0.15, -0.1) is 0 Å². The number of phenols is 1. The summed E-state index contributed by atoms with van der Waals surface area (Å²) in [5, 5.41) is 18.7. The average Bonchev–Trinajstić information content (AvgIpc) is 2.76. The molecule has 3 aromatic rings. The van der Waals surface area contributed by atoms with Gasteiger partial charge in [0.15, 0.2) is 0 Å². The van der Waals surface area contributed by atoms with Crippen molar-refractivity contribution in [2.24, 2.45) is 0 Å². The first-order valence-corrected chi connectivity index (χ1v) is 9.55. The van der Waals surface area contributed by atoms with E-state index in [9.17, 15) is 28.2 Å². The molecule has 2 aromatic carbocycles. The van der Waals surface area contributed by atoms with Gasteiger partial charge in [0.05, 0.1) is 23.9 Å². The molecule has 0 unspecified atom stereocenters. The van der Waals surface area contributed by atoms with Crippen molar-refractivity contribution in [2.75, 3.05) is 6.61 Å². The van der Waals surface area contributed by atoms with Crippen LogP contribution in [-0.4, -0.2) is 27.8 Å². The molecule has 0 atom stereocenters. The third-order valence-corrected chi connectivity index (χ3v) is 4.49. The van der Waals surface area contributed by atoms with Crippen LogP contribution in [0.15, 0.2) is 60.9 Å². The Labute approximate surface area is 182 Å². The number of carbonyl (C=O) groups is 1. The van der Waals surface area contributed by atoms with E-state index in [1.165, 1.54) is 18.2 Å². The van der Waals surface area contributed by atoms with Crippen LogP contribution in [0.25, 0.3) is 0 Å². The first-order chi connectivity index (χ1) is 15.2. The Morgan fingerprint density at radius 1 is 1.06 bits per heavy atom. The van der Waals surface area contributed by atoms with Gasteiger partial charge in [-0.2, -0.15) is 13.2 Å². The molecule has 0 saturated carbocycles. The van der Waals surface area contributed by atoms with Gasteiger partial charge in [-0.25, -0.2) is 4.79 Å². The minimum Gasteiger partial charge on any atom is -0.508 e. The molecule has 3 rings (SSSR count). The second kappa shape index (κ2) is 9.88. The van der Waals surface area contributed by atoms with Gasteiger partial charge in [-0.3, -0.25) is 4.98 Å². The topological polar surface area (TPSA) is 79.7 Å². The number of nitrogens with zero attached hydrogens (tertiary/aromatic N) is 1. The van der Waals surface area contributed by atoms with Crippen LogP contribution >= 0.6 is 0 Å². The highest BCUT2D eigenvalue weighted by Gasteiger charge is 2.33. The molecular formula is C24H18F3NO4. The van der Waals surface area contributed by atoms with Gasteiger partial charge >= 0.3 is 12.1 Å². The monoisotopic (exact) mass is 441 g/mol. The summed E-state index contributed by atoms with van der Waals surface area (Å²) in [4.78, 5) is 15.3. The Hall–Kier alpha value is -3.99. The molecule has 1 heterocycles. The van der Waals surface area contributed by atoms with Gasteiger partial charge in [0.25, 0.3) is 0 Å². The first kappa shape index (κ1) is 22.7. The van der Waals surface area contributed by atoms with Crippen LogP contribution < -0.4 is 4.74 Å². The lowest BCUT2D eigenvalue weighted by Gasteiger charge is -2.10. The van der Waals surface area contributed by atoms with E-state index in [-0.39, 0.29) is 11.1 Å². The normalized spacial score (nSPS) is 10.8. The maximum absolute atomic E-state index is 13.3. The van der Waals surface area contributed by atoms with Crippen molar-refractivity contribution >= 4 is 5.97 Å². The van der Waals surface area contributed by atoms with Crippen LogP contribution in [0, 0.1) is 11.8 Å². The number of alkyl halides is 3. The number of aryl methyl sites for hydroxylation is 1. The SMILES string of the molecule is O=C(O)c1ccc(C#Cc2ccc(O)cc2C(F)(F)F)c(CCCOc2cccnc2)c1. The Morgan fingerprint density at radius 3 is 2.50 bits per heavy atom. The number of benzene rings is 2. The second-order valence-electron chi connectivity index (χ2n) is 6.80. The number of hydrogen-bond donors (Lipinski definition) is 2. The van der Waals surface area contributed by atoms with Crippen LogP contribution in [-0.2, 0) is 12.6 Å². The lowest BCUT2D eigenvalue weighted by Crippen LogP contribution is -2.07. The van der Waals surface area contributed by atoms with Gasteiger partial charge in [0.2, 0.25) is 0 Å². The number of hydrogen-bond acceptors (Lipinski definition) is 4. The van der Waals surface area contributed by atoms with Gasteiger partial charge in [-0.1, -0.05) is 11.8 Å². The standard InChI is InChI=1S/C24H18F3NO4/c25-24(26,27)22-14-20(29)10-9-17(22)7-5-16-6-8-19(23(30)31)13-18(16)3-2-12-32-21-4-1-11-28-15-21/h1,4,6,8-11,13-15,29H,2-3,12H2,(H,30,31). The number of pyridine rings is 1.